The highest BCUT2D eigenvalue weighted by atomic mass is 32.2. The highest BCUT2D eigenvalue weighted by Crippen LogP contribution is 2.29. The molecule has 6 nitrogen and oxygen atoms in total. The normalized spacial score (nSPS) is 15.8. The molecule has 16 heavy (non-hydrogen) atoms. The third-order valence-electron chi connectivity index (χ3n) is 2.22. The monoisotopic (exact) mass is 242 g/mol. The van der Waals surface area contributed by atoms with Crippen LogP contribution >= 0.6 is 0 Å². The molecule has 1 aliphatic rings. The number of carboxylic acids is 1. The number of rotatable bonds is 4. The van der Waals surface area contributed by atoms with Crippen LogP contribution in [-0.2, 0) is 10.0 Å². The van der Waals surface area contributed by atoms with E-state index >= 15 is 0 Å². The van der Waals surface area contributed by atoms with Crippen molar-refractivity contribution in [3.8, 4) is 0 Å². The second-order valence-electron chi connectivity index (χ2n) is 3.58. The summed E-state index contributed by atoms with van der Waals surface area (Å²) in [6, 6.07) is 2.64. The van der Waals surface area contributed by atoms with Crippen LogP contribution in [0.2, 0.25) is 0 Å². The number of hydrogen-bond acceptors (Lipinski definition) is 4. The van der Waals surface area contributed by atoms with Crippen molar-refractivity contribution in [1.82, 2.24) is 4.98 Å². The molecule has 0 saturated heterocycles. The van der Waals surface area contributed by atoms with Crippen molar-refractivity contribution in [2.24, 2.45) is 0 Å². The quantitative estimate of drug-likeness (QED) is 0.809. The second-order valence-corrected chi connectivity index (χ2v) is 5.54. The van der Waals surface area contributed by atoms with E-state index in [0.29, 0.717) is 12.8 Å². The highest BCUT2D eigenvalue weighted by Gasteiger charge is 2.35. The topological polar surface area (TPSA) is 96.4 Å². The van der Waals surface area contributed by atoms with Gasteiger partial charge in [0.2, 0.25) is 10.0 Å². The average Bonchev–Trinajstić information content (AvgIpc) is 3.01. The molecule has 2 N–H and O–H groups in total. The lowest BCUT2D eigenvalue weighted by molar-refractivity contribution is 0.0696. The minimum atomic E-state index is -3.33. The Labute approximate surface area is 92.4 Å². The van der Waals surface area contributed by atoms with E-state index in [-0.39, 0.29) is 16.6 Å². The smallest absolute Gasteiger partial charge is 0.337 e. The number of nitrogens with zero attached hydrogens (tertiary/aromatic N) is 1. The Kier molecular flexibility index (Phi) is 2.55. The van der Waals surface area contributed by atoms with Gasteiger partial charge in [-0.15, -0.1) is 0 Å². The first-order chi connectivity index (χ1) is 7.49. The van der Waals surface area contributed by atoms with E-state index in [2.05, 4.69) is 9.71 Å². The van der Waals surface area contributed by atoms with Crippen LogP contribution in [0.3, 0.4) is 0 Å². The Morgan fingerprint density at radius 3 is 2.56 bits per heavy atom. The van der Waals surface area contributed by atoms with Crippen LogP contribution in [0.25, 0.3) is 0 Å². The number of anilines is 1. The number of aromatic carboxylic acids is 1. The molecule has 1 aliphatic carbocycles. The summed E-state index contributed by atoms with van der Waals surface area (Å²) in [7, 11) is -3.33. The molecule has 0 bridgehead atoms. The Bertz CT molecular complexity index is 505. The van der Waals surface area contributed by atoms with Gasteiger partial charge in [0.1, 0.15) is 5.82 Å². The van der Waals surface area contributed by atoms with Gasteiger partial charge < -0.3 is 5.11 Å². The predicted octanol–water partition coefficient (Wildman–Crippen LogP) is 0.684. The SMILES string of the molecule is O=C(O)c1ccc(NS(=O)(=O)C2CC2)nc1. The fraction of sp³-hybridized carbons (Fsp3) is 0.333. The average molecular weight is 242 g/mol. The first-order valence-electron chi connectivity index (χ1n) is 4.70. The van der Waals surface area contributed by atoms with Crippen molar-refractivity contribution < 1.29 is 18.3 Å². The fourth-order valence-electron chi connectivity index (χ4n) is 1.19. The number of sulfonamides is 1. The largest absolute Gasteiger partial charge is 0.478 e. The Morgan fingerprint density at radius 1 is 1.44 bits per heavy atom. The molecule has 0 radical (unpaired) electrons. The summed E-state index contributed by atoms with van der Waals surface area (Å²) in [5.74, 6) is -0.944. The van der Waals surface area contributed by atoms with Crippen molar-refractivity contribution in [3.63, 3.8) is 0 Å². The van der Waals surface area contributed by atoms with Crippen LogP contribution in [0.5, 0.6) is 0 Å². The third-order valence-corrected chi connectivity index (χ3v) is 4.06. The maximum Gasteiger partial charge on any atom is 0.337 e. The molecule has 1 heterocycles. The standard InChI is InChI=1S/C9H10N2O4S/c12-9(13)6-1-4-8(10-5-6)11-16(14,15)7-2-3-7/h1,4-5,7H,2-3H2,(H,10,11)(H,12,13). The maximum absolute atomic E-state index is 11.5. The van der Waals surface area contributed by atoms with Crippen LogP contribution in [0.4, 0.5) is 5.82 Å². The molecular weight excluding hydrogens is 232 g/mol. The van der Waals surface area contributed by atoms with E-state index in [4.69, 9.17) is 5.11 Å². The van der Waals surface area contributed by atoms with Gasteiger partial charge in [-0.3, -0.25) is 4.72 Å². The first kappa shape index (κ1) is 10.9. The van der Waals surface area contributed by atoms with Gasteiger partial charge in [0.05, 0.1) is 10.8 Å². The van der Waals surface area contributed by atoms with E-state index < -0.39 is 16.0 Å². The molecule has 1 aromatic rings. The molecule has 2 rings (SSSR count). The Morgan fingerprint density at radius 2 is 2.12 bits per heavy atom. The summed E-state index contributed by atoms with van der Waals surface area (Å²) >= 11 is 0. The highest BCUT2D eigenvalue weighted by molar-refractivity contribution is 7.93. The minimum Gasteiger partial charge on any atom is -0.478 e. The van der Waals surface area contributed by atoms with Gasteiger partial charge in [0.25, 0.3) is 0 Å². The van der Waals surface area contributed by atoms with Crippen molar-refractivity contribution in [3.05, 3.63) is 23.9 Å². The van der Waals surface area contributed by atoms with Gasteiger partial charge in [0, 0.05) is 6.20 Å². The molecule has 0 aliphatic heterocycles. The number of carboxylic acid groups (broad SMARTS) is 1. The number of pyridine rings is 1. The molecule has 1 saturated carbocycles. The van der Waals surface area contributed by atoms with Gasteiger partial charge in [-0.05, 0) is 25.0 Å². The molecule has 7 heteroatoms. The molecule has 0 unspecified atom stereocenters. The molecule has 0 aromatic carbocycles. The molecule has 1 fully saturated rings. The minimum absolute atomic E-state index is 0.0226. The lowest BCUT2D eigenvalue weighted by Gasteiger charge is -2.05. The van der Waals surface area contributed by atoms with E-state index in [0.717, 1.165) is 6.20 Å². The predicted molar refractivity (Wildman–Crippen MR) is 56.8 cm³/mol. The zero-order chi connectivity index (χ0) is 11.8. The summed E-state index contributed by atoms with van der Waals surface area (Å²) < 4.78 is 25.3. The van der Waals surface area contributed by atoms with E-state index in [1.54, 1.807) is 0 Å². The van der Waals surface area contributed by atoms with E-state index in [1.165, 1.54) is 12.1 Å². The number of hydrogen-bond donors (Lipinski definition) is 2. The number of nitrogens with one attached hydrogen (secondary N) is 1. The van der Waals surface area contributed by atoms with Gasteiger partial charge in [-0.1, -0.05) is 0 Å². The van der Waals surface area contributed by atoms with Gasteiger partial charge in [-0.25, -0.2) is 18.2 Å². The zero-order valence-corrected chi connectivity index (χ0v) is 9.07. The summed E-state index contributed by atoms with van der Waals surface area (Å²) in [6.07, 6.45) is 2.46. The fourth-order valence-corrected chi connectivity index (χ4v) is 2.52. The Balaban J connectivity index is 2.13. The lowest BCUT2D eigenvalue weighted by atomic mass is 10.3. The van der Waals surface area contributed by atoms with Crippen LogP contribution in [0.15, 0.2) is 18.3 Å². The first-order valence-corrected chi connectivity index (χ1v) is 6.24. The van der Waals surface area contributed by atoms with Crippen LogP contribution in [0.1, 0.15) is 23.2 Å². The second kappa shape index (κ2) is 3.75. The number of carbonyl (C=O) groups is 1. The van der Waals surface area contributed by atoms with Gasteiger partial charge >= 0.3 is 5.97 Å². The molecule has 0 atom stereocenters. The Hall–Kier alpha value is -1.63. The molecule has 86 valence electrons. The maximum atomic E-state index is 11.5. The van der Waals surface area contributed by atoms with E-state index in [9.17, 15) is 13.2 Å². The van der Waals surface area contributed by atoms with Gasteiger partial charge in [-0.2, -0.15) is 0 Å². The van der Waals surface area contributed by atoms with Crippen molar-refractivity contribution >= 4 is 21.8 Å². The molecular formula is C9H10N2O4S. The third kappa shape index (κ3) is 2.30. The summed E-state index contributed by atoms with van der Waals surface area (Å²) in [4.78, 5) is 14.3. The van der Waals surface area contributed by atoms with E-state index in [1.807, 2.05) is 0 Å². The van der Waals surface area contributed by atoms with Crippen molar-refractivity contribution in [2.45, 2.75) is 18.1 Å². The molecule has 0 amide bonds. The summed E-state index contributed by atoms with van der Waals surface area (Å²) in [5.41, 5.74) is 0.0226. The molecule has 0 spiro atoms. The van der Waals surface area contributed by atoms with Crippen LogP contribution < -0.4 is 4.72 Å². The van der Waals surface area contributed by atoms with Crippen LogP contribution in [-0.4, -0.2) is 29.7 Å². The van der Waals surface area contributed by atoms with Crippen LogP contribution in [0, 0.1) is 0 Å². The number of aromatic nitrogens is 1. The van der Waals surface area contributed by atoms with Crippen molar-refractivity contribution in [2.75, 3.05) is 4.72 Å². The summed E-state index contributed by atoms with van der Waals surface area (Å²) in [6.45, 7) is 0. The lowest BCUT2D eigenvalue weighted by Crippen LogP contribution is -2.18. The van der Waals surface area contributed by atoms with Gasteiger partial charge in [0.15, 0.2) is 0 Å². The zero-order valence-electron chi connectivity index (χ0n) is 8.25. The molecule has 1 aromatic heterocycles. The summed E-state index contributed by atoms with van der Waals surface area (Å²) in [5, 5.41) is 8.30. The van der Waals surface area contributed by atoms with Crippen molar-refractivity contribution in [1.29, 1.82) is 0 Å².